The van der Waals surface area contributed by atoms with Gasteiger partial charge in [-0.3, -0.25) is 0 Å². The third kappa shape index (κ3) is 2.13. The molecule has 0 bridgehead atoms. The summed E-state index contributed by atoms with van der Waals surface area (Å²) in [6.45, 7) is -2.94. The van der Waals surface area contributed by atoms with Crippen LogP contribution in [0.25, 0.3) is 0 Å². The summed E-state index contributed by atoms with van der Waals surface area (Å²) in [6, 6.07) is 4.50. The molecule has 1 saturated carbocycles. The summed E-state index contributed by atoms with van der Waals surface area (Å²) in [5, 5.41) is 9.73. The molecular weight excluding hydrogens is 238 g/mol. The van der Waals surface area contributed by atoms with E-state index >= 15 is 0 Å². The highest BCUT2D eigenvalue weighted by molar-refractivity contribution is 6.30. The van der Waals surface area contributed by atoms with Crippen molar-refractivity contribution in [2.24, 2.45) is 0 Å². The number of aliphatic hydroxyl groups excluding tert-OH is 1. The van der Waals surface area contributed by atoms with Gasteiger partial charge < -0.3 is 9.84 Å². The van der Waals surface area contributed by atoms with Gasteiger partial charge in [0.2, 0.25) is 0 Å². The number of alkyl halides is 2. The van der Waals surface area contributed by atoms with Gasteiger partial charge in [0.1, 0.15) is 5.75 Å². The lowest BCUT2D eigenvalue weighted by Gasteiger charge is -2.17. The average molecular weight is 249 g/mol. The van der Waals surface area contributed by atoms with Crippen LogP contribution in [0.2, 0.25) is 5.02 Å². The van der Waals surface area contributed by atoms with Crippen LogP contribution in [-0.2, 0) is 5.41 Å². The molecule has 1 aromatic carbocycles. The van der Waals surface area contributed by atoms with Crippen molar-refractivity contribution in [1.29, 1.82) is 0 Å². The lowest BCUT2D eigenvalue weighted by atomic mass is 9.96. The number of ether oxygens (including phenoxy) is 1. The molecule has 1 aliphatic rings. The minimum absolute atomic E-state index is 0.0764. The first-order valence-electron chi connectivity index (χ1n) is 4.93. The zero-order valence-corrected chi connectivity index (χ0v) is 9.18. The monoisotopic (exact) mass is 248 g/mol. The Morgan fingerprint density at radius 3 is 2.62 bits per heavy atom. The Bertz CT molecular complexity index is 392. The summed E-state index contributed by atoms with van der Waals surface area (Å²) < 4.78 is 28.8. The molecule has 0 aliphatic heterocycles. The molecule has 1 aliphatic carbocycles. The molecule has 2 rings (SSSR count). The lowest BCUT2D eigenvalue weighted by molar-refractivity contribution is -0.0508. The van der Waals surface area contributed by atoms with Gasteiger partial charge in [0.15, 0.2) is 0 Å². The van der Waals surface area contributed by atoms with Gasteiger partial charge in [-0.25, -0.2) is 0 Å². The van der Waals surface area contributed by atoms with E-state index in [0.29, 0.717) is 10.6 Å². The smallest absolute Gasteiger partial charge is 0.387 e. The maximum atomic E-state index is 12.2. The number of hydrogen-bond acceptors (Lipinski definition) is 2. The topological polar surface area (TPSA) is 29.5 Å². The molecule has 5 heteroatoms. The predicted molar refractivity (Wildman–Crippen MR) is 56.1 cm³/mol. The fourth-order valence-corrected chi connectivity index (χ4v) is 1.95. The Morgan fingerprint density at radius 1 is 1.44 bits per heavy atom. The van der Waals surface area contributed by atoms with Crippen molar-refractivity contribution in [3.05, 3.63) is 28.8 Å². The van der Waals surface area contributed by atoms with Gasteiger partial charge in [0.05, 0.1) is 6.61 Å². The Labute approximate surface area is 96.8 Å². The summed E-state index contributed by atoms with van der Waals surface area (Å²) in [7, 11) is 0. The molecule has 1 fully saturated rings. The lowest BCUT2D eigenvalue weighted by Crippen LogP contribution is -2.15. The molecule has 1 N–H and O–H groups in total. The third-order valence-electron chi connectivity index (χ3n) is 2.89. The van der Waals surface area contributed by atoms with E-state index in [1.54, 1.807) is 6.07 Å². The molecule has 88 valence electrons. The minimum Gasteiger partial charge on any atom is -0.435 e. The quantitative estimate of drug-likeness (QED) is 0.888. The normalized spacial score (nSPS) is 17.6. The van der Waals surface area contributed by atoms with E-state index in [1.807, 2.05) is 0 Å². The average Bonchev–Trinajstić information content (AvgIpc) is 3.01. The second-order valence-electron chi connectivity index (χ2n) is 3.96. The first-order chi connectivity index (χ1) is 7.57. The maximum absolute atomic E-state index is 12.2. The second kappa shape index (κ2) is 4.18. The minimum atomic E-state index is -2.87. The fourth-order valence-electron chi connectivity index (χ4n) is 1.78. The number of halogens is 3. The molecule has 0 amide bonds. The SMILES string of the molecule is OCC1(c2cc(Cl)ccc2OC(F)F)CC1. The number of benzene rings is 1. The summed E-state index contributed by atoms with van der Waals surface area (Å²) in [4.78, 5) is 0. The van der Waals surface area contributed by atoms with Crippen molar-refractivity contribution >= 4 is 11.6 Å². The highest BCUT2D eigenvalue weighted by Crippen LogP contribution is 2.51. The van der Waals surface area contributed by atoms with Crippen molar-refractivity contribution in [1.82, 2.24) is 0 Å². The largest absolute Gasteiger partial charge is 0.435 e. The molecule has 0 radical (unpaired) electrons. The Balaban J connectivity index is 2.37. The molecule has 0 atom stereocenters. The molecule has 0 spiro atoms. The van der Waals surface area contributed by atoms with Gasteiger partial charge in [0, 0.05) is 16.0 Å². The van der Waals surface area contributed by atoms with Gasteiger partial charge >= 0.3 is 6.61 Å². The van der Waals surface area contributed by atoms with Crippen LogP contribution in [0.3, 0.4) is 0 Å². The second-order valence-corrected chi connectivity index (χ2v) is 4.39. The van der Waals surface area contributed by atoms with Gasteiger partial charge in [-0.2, -0.15) is 8.78 Å². The van der Waals surface area contributed by atoms with Gasteiger partial charge in [-0.1, -0.05) is 11.6 Å². The molecule has 1 aromatic rings. The Kier molecular flexibility index (Phi) is 3.04. The zero-order chi connectivity index (χ0) is 11.8. The number of rotatable bonds is 4. The van der Waals surface area contributed by atoms with Crippen molar-refractivity contribution in [2.45, 2.75) is 24.9 Å². The first-order valence-corrected chi connectivity index (χ1v) is 5.31. The van der Waals surface area contributed by atoms with Crippen LogP contribution in [0.4, 0.5) is 8.78 Å². The number of aliphatic hydroxyl groups is 1. The van der Waals surface area contributed by atoms with E-state index in [9.17, 15) is 13.9 Å². The van der Waals surface area contributed by atoms with Crippen molar-refractivity contribution < 1.29 is 18.6 Å². The highest BCUT2D eigenvalue weighted by Gasteiger charge is 2.46. The van der Waals surface area contributed by atoms with Crippen LogP contribution in [0.1, 0.15) is 18.4 Å². The van der Waals surface area contributed by atoms with Crippen molar-refractivity contribution in [2.75, 3.05) is 6.61 Å². The summed E-state index contributed by atoms with van der Waals surface area (Å²) in [5.41, 5.74) is 0.137. The van der Waals surface area contributed by atoms with Gasteiger partial charge in [-0.15, -0.1) is 0 Å². The standard InChI is InChI=1S/C11H11ClF2O2/c12-7-1-2-9(16-10(13)14)8(5-7)11(6-15)3-4-11/h1-2,5,10,15H,3-4,6H2. The summed E-state index contributed by atoms with van der Waals surface area (Å²) in [6.07, 6.45) is 1.53. The Hall–Kier alpha value is -0.870. The molecule has 0 saturated heterocycles. The highest BCUT2D eigenvalue weighted by atomic mass is 35.5. The van der Waals surface area contributed by atoms with E-state index in [4.69, 9.17) is 11.6 Å². The van der Waals surface area contributed by atoms with E-state index in [1.165, 1.54) is 12.1 Å². The predicted octanol–water partition coefficient (Wildman–Crippen LogP) is 2.97. The maximum Gasteiger partial charge on any atom is 0.387 e. The molecule has 0 aromatic heterocycles. The molecule has 16 heavy (non-hydrogen) atoms. The van der Waals surface area contributed by atoms with E-state index in [2.05, 4.69) is 4.74 Å². The van der Waals surface area contributed by atoms with Crippen LogP contribution in [0.15, 0.2) is 18.2 Å². The molecule has 0 unspecified atom stereocenters. The Morgan fingerprint density at radius 2 is 2.12 bits per heavy atom. The van der Waals surface area contributed by atoms with Crippen LogP contribution in [0, 0.1) is 0 Å². The first kappa shape index (κ1) is 11.6. The third-order valence-corrected chi connectivity index (χ3v) is 3.12. The van der Waals surface area contributed by atoms with E-state index in [-0.39, 0.29) is 12.4 Å². The summed E-state index contributed by atoms with van der Waals surface area (Å²) >= 11 is 5.82. The summed E-state index contributed by atoms with van der Waals surface area (Å²) in [5.74, 6) is 0.103. The fraction of sp³-hybridized carbons (Fsp3) is 0.455. The molecule has 2 nitrogen and oxygen atoms in total. The van der Waals surface area contributed by atoms with Gasteiger partial charge in [0.25, 0.3) is 0 Å². The molecular formula is C11H11ClF2O2. The van der Waals surface area contributed by atoms with E-state index in [0.717, 1.165) is 12.8 Å². The number of hydrogen-bond donors (Lipinski definition) is 1. The van der Waals surface area contributed by atoms with Crippen LogP contribution < -0.4 is 4.74 Å². The van der Waals surface area contributed by atoms with Crippen molar-refractivity contribution in [3.8, 4) is 5.75 Å². The zero-order valence-electron chi connectivity index (χ0n) is 8.42. The van der Waals surface area contributed by atoms with Crippen LogP contribution >= 0.6 is 11.6 Å². The van der Waals surface area contributed by atoms with Crippen LogP contribution in [0.5, 0.6) is 5.75 Å². The molecule has 0 heterocycles. The van der Waals surface area contributed by atoms with Crippen molar-refractivity contribution in [3.63, 3.8) is 0 Å². The van der Waals surface area contributed by atoms with E-state index < -0.39 is 12.0 Å². The van der Waals surface area contributed by atoms with Gasteiger partial charge in [-0.05, 0) is 31.0 Å². The van der Waals surface area contributed by atoms with Crippen LogP contribution in [-0.4, -0.2) is 18.3 Å².